The molecule has 2 aliphatic rings. The molecule has 128 valence electrons. The van der Waals surface area contributed by atoms with E-state index in [2.05, 4.69) is 21.8 Å². The maximum Gasteiger partial charge on any atom is 0.185 e. The Morgan fingerprint density at radius 2 is 2.04 bits per heavy atom. The number of likely N-dealkylation sites (N-methyl/N-ethyl adjacent to an activating group) is 1. The Morgan fingerprint density at radius 3 is 2.88 bits per heavy atom. The van der Waals surface area contributed by atoms with E-state index in [1.54, 1.807) is 0 Å². The van der Waals surface area contributed by atoms with Gasteiger partial charge < -0.3 is 14.4 Å². The number of thiazole rings is 1. The number of ether oxygens (including phenoxy) is 2. The molecule has 1 aromatic carbocycles. The van der Waals surface area contributed by atoms with Gasteiger partial charge in [0, 0.05) is 37.3 Å². The Morgan fingerprint density at radius 1 is 1.25 bits per heavy atom. The number of anilines is 1. The van der Waals surface area contributed by atoms with Crippen LogP contribution in [0.2, 0.25) is 0 Å². The highest BCUT2D eigenvalue weighted by Gasteiger charge is 2.22. The Kier molecular flexibility index (Phi) is 4.58. The van der Waals surface area contributed by atoms with Gasteiger partial charge in [0.15, 0.2) is 16.6 Å². The van der Waals surface area contributed by atoms with Crippen LogP contribution in [0, 0.1) is 0 Å². The third-order valence-corrected chi connectivity index (χ3v) is 5.47. The molecule has 3 heterocycles. The Labute approximate surface area is 146 Å². The van der Waals surface area contributed by atoms with Crippen LogP contribution in [0.15, 0.2) is 30.5 Å². The lowest BCUT2D eigenvalue weighted by atomic mass is 10.2. The van der Waals surface area contributed by atoms with Crippen LogP contribution in [0.3, 0.4) is 0 Å². The van der Waals surface area contributed by atoms with Crippen molar-refractivity contribution < 1.29 is 9.47 Å². The minimum Gasteiger partial charge on any atom is -0.486 e. The fourth-order valence-corrected chi connectivity index (χ4v) is 4.30. The van der Waals surface area contributed by atoms with Gasteiger partial charge in [0.25, 0.3) is 0 Å². The molecule has 0 spiro atoms. The fourth-order valence-electron chi connectivity index (χ4n) is 3.26. The van der Waals surface area contributed by atoms with Crippen LogP contribution in [0.4, 0.5) is 5.13 Å². The average Bonchev–Trinajstić information content (AvgIpc) is 3.26. The SMILES string of the molecule is CN(Cc1cnc(N2CCCC2)s1)C[C@H]1COc2ccccc2O1. The molecule has 2 aromatic rings. The quantitative estimate of drug-likeness (QED) is 0.833. The zero-order valence-electron chi connectivity index (χ0n) is 14.0. The number of fused-ring (bicyclic) bond motifs is 1. The van der Waals surface area contributed by atoms with Gasteiger partial charge in [-0.15, -0.1) is 11.3 Å². The molecule has 1 aromatic heterocycles. The summed E-state index contributed by atoms with van der Waals surface area (Å²) < 4.78 is 11.8. The Bertz CT molecular complexity index is 684. The molecule has 1 saturated heterocycles. The second-order valence-corrected chi connectivity index (χ2v) is 7.59. The van der Waals surface area contributed by atoms with E-state index < -0.39 is 0 Å². The van der Waals surface area contributed by atoms with Crippen LogP contribution in [-0.2, 0) is 6.54 Å². The van der Waals surface area contributed by atoms with E-state index in [1.807, 2.05) is 41.8 Å². The first-order chi connectivity index (χ1) is 11.8. The van der Waals surface area contributed by atoms with Crippen molar-refractivity contribution >= 4 is 16.5 Å². The number of hydrogen-bond acceptors (Lipinski definition) is 6. The summed E-state index contributed by atoms with van der Waals surface area (Å²) in [5.74, 6) is 1.69. The van der Waals surface area contributed by atoms with Crippen molar-refractivity contribution in [3.05, 3.63) is 35.3 Å². The molecule has 0 bridgehead atoms. The van der Waals surface area contributed by atoms with Crippen molar-refractivity contribution in [3.63, 3.8) is 0 Å². The summed E-state index contributed by atoms with van der Waals surface area (Å²) in [5.41, 5.74) is 0. The molecule has 1 atom stereocenters. The predicted octanol–water partition coefficient (Wildman–Crippen LogP) is 3.02. The Balaban J connectivity index is 1.31. The van der Waals surface area contributed by atoms with E-state index in [-0.39, 0.29) is 6.10 Å². The maximum atomic E-state index is 6.04. The van der Waals surface area contributed by atoms with Gasteiger partial charge in [-0.2, -0.15) is 0 Å². The second-order valence-electron chi connectivity index (χ2n) is 6.50. The first kappa shape index (κ1) is 15.7. The predicted molar refractivity (Wildman–Crippen MR) is 96.2 cm³/mol. The molecule has 0 radical (unpaired) electrons. The number of benzene rings is 1. The number of rotatable bonds is 5. The smallest absolute Gasteiger partial charge is 0.185 e. The van der Waals surface area contributed by atoms with E-state index in [0.29, 0.717) is 6.61 Å². The highest BCUT2D eigenvalue weighted by molar-refractivity contribution is 7.15. The van der Waals surface area contributed by atoms with Gasteiger partial charge >= 0.3 is 0 Å². The average molecular weight is 345 g/mol. The number of para-hydroxylation sites is 2. The van der Waals surface area contributed by atoms with Crippen molar-refractivity contribution in [2.45, 2.75) is 25.5 Å². The Hall–Kier alpha value is -1.79. The number of hydrogen-bond donors (Lipinski definition) is 0. The largest absolute Gasteiger partial charge is 0.486 e. The lowest BCUT2D eigenvalue weighted by Crippen LogP contribution is -2.39. The first-order valence-corrected chi connectivity index (χ1v) is 9.36. The highest BCUT2D eigenvalue weighted by Crippen LogP contribution is 2.31. The summed E-state index contributed by atoms with van der Waals surface area (Å²) in [6, 6.07) is 7.86. The molecule has 0 amide bonds. The van der Waals surface area contributed by atoms with Gasteiger partial charge in [-0.3, -0.25) is 4.90 Å². The summed E-state index contributed by atoms with van der Waals surface area (Å²) >= 11 is 1.81. The molecular formula is C18H23N3O2S. The molecule has 0 N–H and O–H groups in total. The van der Waals surface area contributed by atoms with Crippen molar-refractivity contribution in [2.75, 3.05) is 38.2 Å². The van der Waals surface area contributed by atoms with Crippen LogP contribution in [-0.4, -0.2) is 49.3 Å². The fraction of sp³-hybridized carbons (Fsp3) is 0.500. The third-order valence-electron chi connectivity index (χ3n) is 4.43. The van der Waals surface area contributed by atoms with Crippen molar-refractivity contribution in [2.24, 2.45) is 0 Å². The molecule has 1 fully saturated rings. The first-order valence-electron chi connectivity index (χ1n) is 8.54. The highest BCUT2D eigenvalue weighted by atomic mass is 32.1. The molecule has 6 heteroatoms. The van der Waals surface area contributed by atoms with Crippen molar-refractivity contribution in [1.82, 2.24) is 9.88 Å². The molecule has 5 nitrogen and oxygen atoms in total. The number of aromatic nitrogens is 1. The van der Waals surface area contributed by atoms with E-state index in [1.165, 1.54) is 22.9 Å². The lowest BCUT2D eigenvalue weighted by Gasteiger charge is -2.29. The molecule has 0 aliphatic carbocycles. The van der Waals surface area contributed by atoms with E-state index in [4.69, 9.17) is 9.47 Å². The standard InChI is InChI=1S/C18H23N3O2S/c1-20(11-14-13-22-16-6-2-3-7-17(16)23-14)12-15-10-19-18(24-15)21-8-4-5-9-21/h2-3,6-7,10,14H,4-5,8-9,11-13H2,1H3/t14-/m0/s1. The minimum absolute atomic E-state index is 0.0656. The van der Waals surface area contributed by atoms with Gasteiger partial charge in [0.2, 0.25) is 0 Å². The molecule has 0 unspecified atom stereocenters. The number of nitrogens with zero attached hydrogens (tertiary/aromatic N) is 3. The van der Waals surface area contributed by atoms with Crippen LogP contribution in [0.1, 0.15) is 17.7 Å². The summed E-state index contributed by atoms with van der Waals surface area (Å²) in [6.07, 6.45) is 4.66. The van der Waals surface area contributed by atoms with Gasteiger partial charge in [0.1, 0.15) is 12.7 Å². The third kappa shape index (κ3) is 3.49. The van der Waals surface area contributed by atoms with Gasteiger partial charge in [-0.1, -0.05) is 12.1 Å². The van der Waals surface area contributed by atoms with Crippen LogP contribution in [0.5, 0.6) is 11.5 Å². The maximum absolute atomic E-state index is 6.04. The normalized spacial score (nSPS) is 19.9. The molecule has 4 rings (SSSR count). The zero-order valence-corrected chi connectivity index (χ0v) is 14.8. The molecular weight excluding hydrogens is 322 g/mol. The van der Waals surface area contributed by atoms with Gasteiger partial charge in [-0.25, -0.2) is 4.98 Å². The van der Waals surface area contributed by atoms with Gasteiger partial charge in [0.05, 0.1) is 0 Å². The van der Waals surface area contributed by atoms with E-state index >= 15 is 0 Å². The monoisotopic (exact) mass is 345 g/mol. The summed E-state index contributed by atoms with van der Waals surface area (Å²) in [7, 11) is 2.12. The second kappa shape index (κ2) is 6.99. The molecule has 2 aliphatic heterocycles. The van der Waals surface area contributed by atoms with E-state index in [0.717, 1.165) is 37.7 Å². The van der Waals surface area contributed by atoms with Gasteiger partial charge in [-0.05, 0) is 32.0 Å². The molecule has 24 heavy (non-hydrogen) atoms. The molecule has 0 saturated carbocycles. The summed E-state index contributed by atoms with van der Waals surface area (Å²) in [4.78, 5) is 10.6. The zero-order chi connectivity index (χ0) is 16.4. The summed E-state index contributed by atoms with van der Waals surface area (Å²) in [6.45, 7) is 4.63. The van der Waals surface area contributed by atoms with Crippen LogP contribution < -0.4 is 14.4 Å². The topological polar surface area (TPSA) is 37.8 Å². The van der Waals surface area contributed by atoms with Crippen molar-refractivity contribution in [3.8, 4) is 11.5 Å². The van der Waals surface area contributed by atoms with E-state index in [9.17, 15) is 0 Å². The van der Waals surface area contributed by atoms with Crippen molar-refractivity contribution in [1.29, 1.82) is 0 Å². The minimum atomic E-state index is 0.0656. The lowest BCUT2D eigenvalue weighted by molar-refractivity contribution is 0.0640. The summed E-state index contributed by atoms with van der Waals surface area (Å²) in [5, 5.41) is 1.17. The van der Waals surface area contributed by atoms with Crippen LogP contribution >= 0.6 is 11.3 Å². The van der Waals surface area contributed by atoms with Crippen LogP contribution in [0.25, 0.3) is 0 Å².